The zero-order valence-electron chi connectivity index (χ0n) is 13.1. The Kier molecular flexibility index (Phi) is 4.51. The van der Waals surface area contributed by atoms with Gasteiger partial charge in [0.15, 0.2) is 0 Å². The molecule has 24 heavy (non-hydrogen) atoms. The van der Waals surface area contributed by atoms with Crippen molar-refractivity contribution < 1.29 is 9.53 Å². The van der Waals surface area contributed by atoms with Crippen molar-refractivity contribution in [3.8, 4) is 5.75 Å². The van der Waals surface area contributed by atoms with Gasteiger partial charge in [0.1, 0.15) is 17.8 Å². The van der Waals surface area contributed by atoms with E-state index < -0.39 is 0 Å². The maximum absolute atomic E-state index is 12.3. The number of ether oxygens (including phenoxy) is 1. The summed E-state index contributed by atoms with van der Waals surface area (Å²) in [6, 6.07) is 14.3. The van der Waals surface area contributed by atoms with Crippen LogP contribution in [0.15, 0.2) is 53.3 Å². The fraction of sp³-hybridized carbons (Fsp3) is 0.176. The maximum Gasteiger partial charge on any atom is 0.278 e. The molecule has 1 heterocycles. The fourth-order valence-electron chi connectivity index (χ4n) is 2.36. The number of nitrogens with zero attached hydrogens (tertiary/aromatic N) is 3. The first-order valence-electron chi connectivity index (χ1n) is 7.40. The molecule has 0 bridgehead atoms. The van der Waals surface area contributed by atoms with Gasteiger partial charge in [0, 0.05) is 12.1 Å². The number of rotatable bonds is 5. The van der Waals surface area contributed by atoms with E-state index in [-0.39, 0.29) is 18.0 Å². The Labute approximate surface area is 137 Å². The third kappa shape index (κ3) is 3.24. The average molecular weight is 324 g/mol. The van der Waals surface area contributed by atoms with Crippen LogP contribution in [0.5, 0.6) is 5.75 Å². The van der Waals surface area contributed by atoms with Gasteiger partial charge in [-0.3, -0.25) is 9.59 Å². The number of aromatic nitrogens is 3. The predicted molar refractivity (Wildman–Crippen MR) is 88.6 cm³/mol. The first-order valence-corrected chi connectivity index (χ1v) is 7.40. The Morgan fingerprint density at radius 2 is 1.92 bits per heavy atom. The number of fused-ring (bicyclic) bond motifs is 1. The summed E-state index contributed by atoms with van der Waals surface area (Å²) in [4.78, 5) is 24.4. The lowest BCUT2D eigenvalue weighted by Gasteiger charge is -2.10. The Morgan fingerprint density at radius 1 is 1.17 bits per heavy atom. The van der Waals surface area contributed by atoms with E-state index in [0.717, 1.165) is 10.2 Å². The molecule has 0 atom stereocenters. The van der Waals surface area contributed by atoms with Crippen molar-refractivity contribution in [2.75, 3.05) is 7.11 Å². The second-order valence-corrected chi connectivity index (χ2v) is 5.16. The molecule has 0 spiro atoms. The van der Waals surface area contributed by atoms with E-state index in [2.05, 4.69) is 15.6 Å². The van der Waals surface area contributed by atoms with Crippen molar-refractivity contribution in [1.29, 1.82) is 0 Å². The van der Waals surface area contributed by atoms with Crippen LogP contribution in [0.4, 0.5) is 0 Å². The second-order valence-electron chi connectivity index (χ2n) is 5.16. The van der Waals surface area contributed by atoms with E-state index in [9.17, 15) is 9.59 Å². The van der Waals surface area contributed by atoms with Crippen LogP contribution in [0.1, 0.15) is 5.56 Å². The molecule has 1 aromatic heterocycles. The molecule has 0 saturated heterocycles. The van der Waals surface area contributed by atoms with Gasteiger partial charge in [-0.05, 0) is 18.2 Å². The number of methoxy groups -OCH3 is 1. The zero-order chi connectivity index (χ0) is 16.9. The normalized spacial score (nSPS) is 10.5. The molecule has 1 amide bonds. The van der Waals surface area contributed by atoms with Crippen LogP contribution < -0.4 is 15.6 Å². The first kappa shape index (κ1) is 15.7. The topological polar surface area (TPSA) is 86.1 Å². The van der Waals surface area contributed by atoms with Gasteiger partial charge in [0.25, 0.3) is 5.56 Å². The van der Waals surface area contributed by atoms with Gasteiger partial charge >= 0.3 is 0 Å². The smallest absolute Gasteiger partial charge is 0.278 e. The van der Waals surface area contributed by atoms with Crippen LogP contribution in [-0.2, 0) is 17.9 Å². The number of carbonyl (C=O) groups excluding carboxylic acids is 1. The summed E-state index contributed by atoms with van der Waals surface area (Å²) < 4.78 is 6.29. The Hall–Kier alpha value is -3.22. The third-order valence-electron chi connectivity index (χ3n) is 3.59. The number of carbonyl (C=O) groups is 1. The molecule has 122 valence electrons. The summed E-state index contributed by atoms with van der Waals surface area (Å²) in [6.07, 6.45) is 0. The van der Waals surface area contributed by atoms with E-state index in [4.69, 9.17) is 4.74 Å². The summed E-state index contributed by atoms with van der Waals surface area (Å²) in [6.45, 7) is 0.115. The van der Waals surface area contributed by atoms with Gasteiger partial charge in [-0.15, -0.1) is 5.10 Å². The van der Waals surface area contributed by atoms with Crippen LogP contribution in [0.2, 0.25) is 0 Å². The van der Waals surface area contributed by atoms with Crippen molar-refractivity contribution in [3.63, 3.8) is 0 Å². The van der Waals surface area contributed by atoms with Crippen molar-refractivity contribution in [2.45, 2.75) is 13.1 Å². The lowest BCUT2D eigenvalue weighted by Crippen LogP contribution is -2.34. The van der Waals surface area contributed by atoms with Crippen LogP contribution in [-0.4, -0.2) is 28.0 Å². The first-order chi connectivity index (χ1) is 11.7. The van der Waals surface area contributed by atoms with Crippen molar-refractivity contribution in [3.05, 3.63) is 64.4 Å². The SMILES string of the molecule is COc1ccccc1CNC(=O)Cn1nnc2ccccc2c1=O. The van der Waals surface area contributed by atoms with Crippen LogP contribution in [0, 0.1) is 0 Å². The summed E-state index contributed by atoms with van der Waals surface area (Å²) in [5.41, 5.74) is 1.02. The number of nitrogens with one attached hydrogen (secondary N) is 1. The van der Waals surface area contributed by atoms with Crippen molar-refractivity contribution in [1.82, 2.24) is 20.3 Å². The number of amides is 1. The predicted octanol–water partition coefficient (Wildman–Crippen LogP) is 1.12. The van der Waals surface area contributed by atoms with Gasteiger partial charge < -0.3 is 10.1 Å². The molecule has 3 rings (SSSR count). The van der Waals surface area contributed by atoms with Gasteiger partial charge in [-0.1, -0.05) is 35.5 Å². The Balaban J connectivity index is 1.71. The molecule has 0 saturated carbocycles. The van der Waals surface area contributed by atoms with Crippen LogP contribution in [0.3, 0.4) is 0 Å². The minimum absolute atomic E-state index is 0.189. The molecule has 3 aromatic rings. The van der Waals surface area contributed by atoms with Gasteiger partial charge in [-0.2, -0.15) is 0 Å². The van der Waals surface area contributed by atoms with E-state index in [1.54, 1.807) is 31.4 Å². The average Bonchev–Trinajstić information content (AvgIpc) is 2.63. The Bertz CT molecular complexity index is 936. The highest BCUT2D eigenvalue weighted by Gasteiger charge is 2.10. The summed E-state index contributed by atoms with van der Waals surface area (Å²) in [5, 5.41) is 10.9. The largest absolute Gasteiger partial charge is 0.496 e. The van der Waals surface area contributed by atoms with Gasteiger partial charge in [0.05, 0.1) is 12.5 Å². The number of hydrogen-bond donors (Lipinski definition) is 1. The number of hydrogen-bond acceptors (Lipinski definition) is 5. The van der Waals surface area contributed by atoms with Gasteiger partial charge in [0.2, 0.25) is 5.91 Å². The van der Waals surface area contributed by atoms with E-state index in [0.29, 0.717) is 23.2 Å². The third-order valence-corrected chi connectivity index (χ3v) is 3.59. The molecule has 0 fully saturated rings. The molecular weight excluding hydrogens is 308 g/mol. The minimum atomic E-state index is -0.340. The Morgan fingerprint density at radius 3 is 2.75 bits per heavy atom. The molecule has 0 radical (unpaired) electrons. The molecule has 1 N–H and O–H groups in total. The van der Waals surface area contributed by atoms with Crippen LogP contribution in [0.25, 0.3) is 10.9 Å². The molecular formula is C17H16N4O3. The minimum Gasteiger partial charge on any atom is -0.496 e. The quantitative estimate of drug-likeness (QED) is 0.760. The highest BCUT2D eigenvalue weighted by atomic mass is 16.5. The molecule has 0 aliphatic carbocycles. The van der Waals surface area contributed by atoms with Crippen molar-refractivity contribution in [2.24, 2.45) is 0 Å². The summed E-state index contributed by atoms with van der Waals surface area (Å²) >= 11 is 0. The van der Waals surface area contributed by atoms with Gasteiger partial charge in [-0.25, -0.2) is 4.68 Å². The summed E-state index contributed by atoms with van der Waals surface area (Å²) in [7, 11) is 1.57. The molecule has 2 aromatic carbocycles. The van der Waals surface area contributed by atoms with E-state index >= 15 is 0 Å². The fourth-order valence-corrected chi connectivity index (χ4v) is 2.36. The monoisotopic (exact) mass is 324 g/mol. The van der Waals surface area contributed by atoms with Crippen LogP contribution >= 0.6 is 0 Å². The molecule has 7 nitrogen and oxygen atoms in total. The molecule has 0 aliphatic rings. The van der Waals surface area contributed by atoms with E-state index in [1.807, 2.05) is 24.3 Å². The standard InChI is InChI=1S/C17H16N4O3/c1-24-15-9-5-2-6-12(15)10-18-16(22)11-21-17(23)13-7-3-4-8-14(13)19-20-21/h2-9H,10-11H2,1H3,(H,18,22). The highest BCUT2D eigenvalue weighted by molar-refractivity contribution is 5.78. The summed E-state index contributed by atoms with van der Waals surface area (Å²) in [5.74, 6) is 0.369. The molecule has 0 unspecified atom stereocenters. The van der Waals surface area contributed by atoms with E-state index in [1.165, 1.54) is 0 Å². The maximum atomic E-state index is 12.3. The van der Waals surface area contributed by atoms with Crippen molar-refractivity contribution >= 4 is 16.8 Å². The lowest BCUT2D eigenvalue weighted by atomic mass is 10.2. The molecule has 0 aliphatic heterocycles. The second kappa shape index (κ2) is 6.91. The number of para-hydroxylation sites is 1. The zero-order valence-corrected chi connectivity index (χ0v) is 13.1. The molecule has 7 heteroatoms. The number of benzene rings is 2. The lowest BCUT2D eigenvalue weighted by molar-refractivity contribution is -0.122. The highest BCUT2D eigenvalue weighted by Crippen LogP contribution is 2.16.